The third kappa shape index (κ3) is 3.73. The molecule has 1 aromatic carbocycles. The molecule has 1 rings (SSSR count). The fourth-order valence-electron chi connectivity index (χ4n) is 1.37. The Balaban J connectivity index is 2.65. The lowest BCUT2D eigenvalue weighted by Crippen LogP contribution is -1.93. The molecule has 4 heteroatoms. The Kier molecular flexibility index (Phi) is 4.51. The van der Waals surface area contributed by atoms with Crippen molar-refractivity contribution < 1.29 is 19.0 Å². The molecular weight excluding hydrogens is 211 g/mol. The van der Waals surface area contributed by atoms with Crippen molar-refractivity contribution in [1.82, 2.24) is 0 Å². The maximum atomic E-state index is 13.0. The van der Waals surface area contributed by atoms with E-state index in [0.717, 1.165) is 11.6 Å². The Labute approximate surface area is 93.2 Å². The van der Waals surface area contributed by atoms with E-state index in [-0.39, 0.29) is 5.82 Å². The van der Waals surface area contributed by atoms with Gasteiger partial charge in [0.2, 0.25) is 0 Å². The molecule has 0 saturated heterocycles. The zero-order valence-electron chi connectivity index (χ0n) is 8.94. The number of halogens is 1. The number of carbonyl (C=O) groups is 1. The zero-order chi connectivity index (χ0) is 12.0. The second-order valence-corrected chi connectivity index (χ2v) is 3.24. The van der Waals surface area contributed by atoms with E-state index in [2.05, 4.69) is 0 Å². The minimum atomic E-state index is -0.980. The number of aliphatic carboxylic acids is 1. The molecule has 0 aliphatic carbocycles. The van der Waals surface area contributed by atoms with Gasteiger partial charge in [0.1, 0.15) is 11.6 Å². The molecule has 3 nitrogen and oxygen atoms in total. The van der Waals surface area contributed by atoms with Crippen LogP contribution in [0, 0.1) is 5.82 Å². The molecule has 0 spiro atoms. The summed E-state index contributed by atoms with van der Waals surface area (Å²) >= 11 is 0. The van der Waals surface area contributed by atoms with Gasteiger partial charge >= 0.3 is 5.97 Å². The van der Waals surface area contributed by atoms with Gasteiger partial charge in [-0.05, 0) is 36.6 Å². The summed E-state index contributed by atoms with van der Waals surface area (Å²) in [6.07, 6.45) is 3.69. The van der Waals surface area contributed by atoms with Crippen LogP contribution in [0.2, 0.25) is 0 Å². The van der Waals surface area contributed by atoms with Crippen molar-refractivity contribution in [3.63, 3.8) is 0 Å². The number of methoxy groups -OCH3 is 1. The number of benzene rings is 1. The summed E-state index contributed by atoms with van der Waals surface area (Å²) in [7, 11) is 1.52. The first-order chi connectivity index (χ1) is 7.63. The van der Waals surface area contributed by atoms with Crippen LogP contribution in [-0.2, 0) is 11.2 Å². The molecule has 16 heavy (non-hydrogen) atoms. The molecule has 0 heterocycles. The minimum Gasteiger partial charge on any atom is -0.496 e. The van der Waals surface area contributed by atoms with Gasteiger partial charge in [0.05, 0.1) is 7.11 Å². The Morgan fingerprint density at radius 2 is 2.31 bits per heavy atom. The summed E-state index contributed by atoms with van der Waals surface area (Å²) in [6.45, 7) is 0. The van der Waals surface area contributed by atoms with Crippen LogP contribution in [0.15, 0.2) is 30.4 Å². The van der Waals surface area contributed by atoms with Gasteiger partial charge in [-0.2, -0.15) is 0 Å². The lowest BCUT2D eigenvalue weighted by Gasteiger charge is -2.06. The third-order valence-electron chi connectivity index (χ3n) is 2.08. The van der Waals surface area contributed by atoms with Crippen molar-refractivity contribution in [3.8, 4) is 5.75 Å². The molecule has 0 bridgehead atoms. The highest BCUT2D eigenvalue weighted by Gasteiger charge is 2.03. The van der Waals surface area contributed by atoms with Crippen molar-refractivity contribution in [1.29, 1.82) is 0 Å². The van der Waals surface area contributed by atoms with Gasteiger partial charge < -0.3 is 9.84 Å². The van der Waals surface area contributed by atoms with Crippen LogP contribution in [0.25, 0.3) is 0 Å². The highest BCUT2D eigenvalue weighted by Crippen LogP contribution is 2.20. The molecule has 0 fully saturated rings. The van der Waals surface area contributed by atoms with Gasteiger partial charge in [0.25, 0.3) is 0 Å². The van der Waals surface area contributed by atoms with E-state index < -0.39 is 5.97 Å². The number of aryl methyl sites for hydroxylation is 1. The van der Waals surface area contributed by atoms with Gasteiger partial charge in [-0.15, -0.1) is 0 Å². The van der Waals surface area contributed by atoms with E-state index in [1.54, 1.807) is 6.07 Å². The summed E-state index contributed by atoms with van der Waals surface area (Å²) in [6, 6.07) is 4.29. The molecular formula is C12H13FO3. The molecule has 0 unspecified atom stereocenters. The van der Waals surface area contributed by atoms with Gasteiger partial charge in [0.15, 0.2) is 0 Å². The lowest BCUT2D eigenvalue weighted by molar-refractivity contribution is -0.131. The van der Waals surface area contributed by atoms with Gasteiger partial charge in [-0.3, -0.25) is 0 Å². The first-order valence-corrected chi connectivity index (χ1v) is 4.85. The average molecular weight is 224 g/mol. The Hall–Kier alpha value is -1.84. The van der Waals surface area contributed by atoms with E-state index in [9.17, 15) is 9.18 Å². The topological polar surface area (TPSA) is 46.5 Å². The van der Waals surface area contributed by atoms with Gasteiger partial charge in [-0.25, -0.2) is 9.18 Å². The normalized spacial score (nSPS) is 10.6. The van der Waals surface area contributed by atoms with Crippen LogP contribution in [0.5, 0.6) is 5.75 Å². The number of carboxylic acid groups (broad SMARTS) is 1. The van der Waals surface area contributed by atoms with Crippen LogP contribution in [0.3, 0.4) is 0 Å². The number of ether oxygens (including phenoxy) is 1. The van der Waals surface area contributed by atoms with Crippen LogP contribution in [-0.4, -0.2) is 18.2 Å². The number of hydrogen-bond acceptors (Lipinski definition) is 2. The number of carboxylic acids is 1. The second-order valence-electron chi connectivity index (χ2n) is 3.24. The SMILES string of the molecule is COc1ccc(F)cc1CC/C=C/C(=O)O. The van der Waals surface area contributed by atoms with Crippen LogP contribution < -0.4 is 4.74 Å². The van der Waals surface area contributed by atoms with Crippen molar-refractivity contribution >= 4 is 5.97 Å². The van der Waals surface area contributed by atoms with Crippen molar-refractivity contribution in [2.24, 2.45) is 0 Å². The first-order valence-electron chi connectivity index (χ1n) is 4.85. The summed E-state index contributed by atoms with van der Waals surface area (Å²) in [4.78, 5) is 10.2. The highest BCUT2D eigenvalue weighted by atomic mass is 19.1. The summed E-state index contributed by atoms with van der Waals surface area (Å²) in [5.41, 5.74) is 0.734. The maximum absolute atomic E-state index is 13.0. The first kappa shape index (κ1) is 12.2. The maximum Gasteiger partial charge on any atom is 0.327 e. The number of hydrogen-bond donors (Lipinski definition) is 1. The van der Waals surface area contributed by atoms with Crippen molar-refractivity contribution in [2.75, 3.05) is 7.11 Å². The Bertz CT molecular complexity index is 399. The van der Waals surface area contributed by atoms with Gasteiger partial charge in [0, 0.05) is 6.08 Å². The number of allylic oxidation sites excluding steroid dienone is 1. The molecule has 0 aliphatic heterocycles. The Morgan fingerprint density at radius 3 is 2.94 bits per heavy atom. The molecule has 0 saturated carbocycles. The minimum absolute atomic E-state index is 0.321. The fourth-order valence-corrected chi connectivity index (χ4v) is 1.37. The summed E-state index contributed by atoms with van der Waals surface area (Å²) in [5, 5.41) is 8.38. The van der Waals surface area contributed by atoms with E-state index in [1.807, 2.05) is 0 Å². The van der Waals surface area contributed by atoms with E-state index in [4.69, 9.17) is 9.84 Å². The third-order valence-corrected chi connectivity index (χ3v) is 2.08. The second kappa shape index (κ2) is 5.90. The molecule has 0 aliphatic rings. The predicted molar refractivity (Wildman–Crippen MR) is 58.0 cm³/mol. The largest absolute Gasteiger partial charge is 0.496 e. The molecule has 86 valence electrons. The van der Waals surface area contributed by atoms with E-state index >= 15 is 0 Å². The summed E-state index contributed by atoms with van der Waals surface area (Å²) < 4.78 is 18.0. The standard InChI is InChI=1S/C12H13FO3/c1-16-11-7-6-10(13)8-9(11)4-2-3-5-12(14)15/h3,5-8H,2,4H2,1H3,(H,14,15)/b5-3+. The molecule has 0 amide bonds. The van der Waals surface area contributed by atoms with Crippen LogP contribution in [0.4, 0.5) is 4.39 Å². The summed E-state index contributed by atoms with van der Waals surface area (Å²) in [5.74, 6) is -0.686. The molecule has 0 aromatic heterocycles. The average Bonchev–Trinajstić information content (AvgIpc) is 2.24. The fraction of sp³-hybridized carbons (Fsp3) is 0.250. The lowest BCUT2D eigenvalue weighted by atomic mass is 10.1. The van der Waals surface area contributed by atoms with E-state index in [0.29, 0.717) is 18.6 Å². The highest BCUT2D eigenvalue weighted by molar-refractivity contribution is 5.79. The molecule has 0 atom stereocenters. The molecule has 0 radical (unpaired) electrons. The zero-order valence-corrected chi connectivity index (χ0v) is 8.94. The Morgan fingerprint density at radius 1 is 1.56 bits per heavy atom. The van der Waals surface area contributed by atoms with Gasteiger partial charge in [-0.1, -0.05) is 6.08 Å². The molecule has 1 N–H and O–H groups in total. The number of rotatable bonds is 5. The van der Waals surface area contributed by atoms with Crippen LogP contribution >= 0.6 is 0 Å². The smallest absolute Gasteiger partial charge is 0.327 e. The van der Waals surface area contributed by atoms with Crippen molar-refractivity contribution in [3.05, 3.63) is 41.7 Å². The molecule has 1 aromatic rings. The quantitative estimate of drug-likeness (QED) is 0.781. The van der Waals surface area contributed by atoms with Crippen molar-refractivity contribution in [2.45, 2.75) is 12.8 Å². The van der Waals surface area contributed by atoms with Crippen LogP contribution in [0.1, 0.15) is 12.0 Å². The monoisotopic (exact) mass is 224 g/mol. The van der Waals surface area contributed by atoms with E-state index in [1.165, 1.54) is 25.3 Å². The predicted octanol–water partition coefficient (Wildman–Crippen LogP) is 2.41.